The van der Waals surface area contributed by atoms with Crippen LogP contribution < -0.4 is 0 Å². The summed E-state index contributed by atoms with van der Waals surface area (Å²) in [5.74, 6) is 0. The number of aromatic nitrogens is 2. The fourth-order valence-electron chi connectivity index (χ4n) is 3.13. The van der Waals surface area contributed by atoms with E-state index in [-0.39, 0.29) is 0 Å². The number of fused-ring (bicyclic) bond motifs is 1. The Morgan fingerprint density at radius 1 is 0.800 bits per heavy atom. The first kappa shape index (κ1) is 15.9. The fraction of sp³-hybridized carbons (Fsp3) is 0.143. The van der Waals surface area contributed by atoms with Gasteiger partial charge >= 0.3 is 0 Å². The van der Waals surface area contributed by atoms with E-state index in [2.05, 4.69) is 62.0 Å². The van der Waals surface area contributed by atoms with Gasteiger partial charge in [0.2, 0.25) is 0 Å². The summed E-state index contributed by atoms with van der Waals surface area (Å²) in [5.41, 5.74) is 3.93. The smallest absolute Gasteiger partial charge is 0.0346 e. The van der Waals surface area contributed by atoms with Crippen LogP contribution >= 0.6 is 11.3 Å². The second-order valence-corrected chi connectivity index (χ2v) is 6.93. The van der Waals surface area contributed by atoms with Gasteiger partial charge in [-0.15, -0.1) is 0 Å². The molecule has 1 aromatic carbocycles. The molecule has 3 heterocycles. The van der Waals surface area contributed by atoms with Gasteiger partial charge < -0.3 is 0 Å². The lowest BCUT2D eigenvalue weighted by Gasteiger charge is -2.23. The van der Waals surface area contributed by atoms with Crippen molar-refractivity contribution < 1.29 is 0 Å². The van der Waals surface area contributed by atoms with Crippen LogP contribution in [0, 0.1) is 0 Å². The maximum absolute atomic E-state index is 4.26. The molecule has 0 aliphatic rings. The van der Waals surface area contributed by atoms with Crippen molar-refractivity contribution in [3.8, 4) is 0 Å². The summed E-state index contributed by atoms with van der Waals surface area (Å²) < 4.78 is 0. The molecule has 0 amide bonds. The van der Waals surface area contributed by atoms with Crippen molar-refractivity contribution in [1.29, 1.82) is 0 Å². The molecule has 4 rings (SSSR count). The van der Waals surface area contributed by atoms with Crippen LogP contribution in [0.25, 0.3) is 10.8 Å². The summed E-state index contributed by atoms with van der Waals surface area (Å²) in [6.45, 7) is 2.71. The molecule has 0 aliphatic carbocycles. The Morgan fingerprint density at radius 3 is 2.56 bits per heavy atom. The molecular weight excluding hydrogens is 326 g/mol. The van der Waals surface area contributed by atoms with Crippen LogP contribution in [0.3, 0.4) is 0 Å². The van der Waals surface area contributed by atoms with Gasteiger partial charge in [-0.1, -0.05) is 24.3 Å². The van der Waals surface area contributed by atoms with Crippen molar-refractivity contribution in [1.82, 2.24) is 14.9 Å². The number of thiophene rings is 1. The SMILES string of the molecule is c1cncc(CN(Cc2ccsc2)Cc2cccc3cnccc23)c1. The average Bonchev–Trinajstić information content (AvgIpc) is 3.16. The zero-order valence-corrected chi connectivity index (χ0v) is 14.7. The minimum absolute atomic E-state index is 0.880. The monoisotopic (exact) mass is 345 g/mol. The van der Waals surface area contributed by atoms with Crippen LogP contribution in [0.5, 0.6) is 0 Å². The number of nitrogens with zero attached hydrogens (tertiary/aromatic N) is 3. The first-order valence-corrected chi connectivity index (χ1v) is 9.27. The van der Waals surface area contributed by atoms with Crippen molar-refractivity contribution in [3.63, 3.8) is 0 Å². The molecule has 0 atom stereocenters. The van der Waals surface area contributed by atoms with Crippen LogP contribution in [-0.4, -0.2) is 14.9 Å². The number of hydrogen-bond donors (Lipinski definition) is 0. The summed E-state index contributed by atoms with van der Waals surface area (Å²) in [7, 11) is 0. The molecule has 0 spiro atoms. The highest BCUT2D eigenvalue weighted by Gasteiger charge is 2.11. The van der Waals surface area contributed by atoms with E-state index >= 15 is 0 Å². The number of pyridine rings is 2. The van der Waals surface area contributed by atoms with Crippen LogP contribution in [0.1, 0.15) is 16.7 Å². The van der Waals surface area contributed by atoms with E-state index in [9.17, 15) is 0 Å². The number of benzene rings is 1. The Bertz CT molecular complexity index is 930. The third-order valence-corrected chi connectivity index (χ3v) is 5.01. The molecule has 0 saturated carbocycles. The van der Waals surface area contributed by atoms with Gasteiger partial charge in [-0.3, -0.25) is 14.9 Å². The molecule has 25 heavy (non-hydrogen) atoms. The van der Waals surface area contributed by atoms with E-state index in [1.807, 2.05) is 30.9 Å². The summed E-state index contributed by atoms with van der Waals surface area (Å²) in [5, 5.41) is 6.83. The molecule has 0 bridgehead atoms. The summed E-state index contributed by atoms with van der Waals surface area (Å²) in [6.07, 6.45) is 7.58. The molecule has 4 aromatic rings. The van der Waals surface area contributed by atoms with Crippen LogP contribution in [-0.2, 0) is 19.6 Å². The van der Waals surface area contributed by atoms with Crippen molar-refractivity contribution in [2.24, 2.45) is 0 Å². The lowest BCUT2D eigenvalue weighted by atomic mass is 10.1. The molecule has 124 valence electrons. The first-order chi connectivity index (χ1) is 12.4. The number of rotatable bonds is 6. The lowest BCUT2D eigenvalue weighted by Crippen LogP contribution is -2.22. The molecule has 0 N–H and O–H groups in total. The highest BCUT2D eigenvalue weighted by molar-refractivity contribution is 7.07. The zero-order chi connectivity index (χ0) is 16.9. The fourth-order valence-corrected chi connectivity index (χ4v) is 3.79. The van der Waals surface area contributed by atoms with Gasteiger partial charge in [-0.2, -0.15) is 11.3 Å². The minimum Gasteiger partial charge on any atom is -0.290 e. The Morgan fingerprint density at radius 2 is 1.72 bits per heavy atom. The van der Waals surface area contributed by atoms with Gasteiger partial charge in [-0.25, -0.2) is 0 Å². The normalized spacial score (nSPS) is 11.2. The topological polar surface area (TPSA) is 29.0 Å². The summed E-state index contributed by atoms with van der Waals surface area (Å²) in [4.78, 5) is 11.0. The summed E-state index contributed by atoms with van der Waals surface area (Å²) >= 11 is 1.75. The first-order valence-electron chi connectivity index (χ1n) is 8.32. The Kier molecular flexibility index (Phi) is 4.81. The molecule has 3 nitrogen and oxygen atoms in total. The highest BCUT2D eigenvalue weighted by Crippen LogP contribution is 2.21. The molecule has 0 fully saturated rings. The second-order valence-electron chi connectivity index (χ2n) is 6.15. The quantitative estimate of drug-likeness (QED) is 0.498. The molecule has 0 radical (unpaired) electrons. The van der Waals surface area contributed by atoms with Gasteiger partial charge in [0.25, 0.3) is 0 Å². The van der Waals surface area contributed by atoms with E-state index in [1.54, 1.807) is 11.3 Å². The number of hydrogen-bond acceptors (Lipinski definition) is 4. The molecule has 4 heteroatoms. The van der Waals surface area contributed by atoms with Crippen molar-refractivity contribution in [3.05, 3.63) is 94.7 Å². The second kappa shape index (κ2) is 7.55. The maximum atomic E-state index is 4.26. The largest absolute Gasteiger partial charge is 0.290 e. The van der Waals surface area contributed by atoms with Crippen molar-refractivity contribution in [2.45, 2.75) is 19.6 Å². The molecule has 0 saturated heterocycles. The van der Waals surface area contributed by atoms with Gasteiger partial charge in [0.05, 0.1) is 0 Å². The molecule has 0 unspecified atom stereocenters. The van der Waals surface area contributed by atoms with E-state index in [1.165, 1.54) is 27.5 Å². The van der Waals surface area contributed by atoms with Gasteiger partial charge in [0.1, 0.15) is 0 Å². The van der Waals surface area contributed by atoms with Crippen molar-refractivity contribution in [2.75, 3.05) is 0 Å². The van der Waals surface area contributed by atoms with E-state index in [0.29, 0.717) is 0 Å². The van der Waals surface area contributed by atoms with Crippen molar-refractivity contribution >= 4 is 22.1 Å². The Labute approximate surface area is 151 Å². The summed E-state index contributed by atoms with van der Waals surface area (Å²) in [6, 6.07) is 14.9. The van der Waals surface area contributed by atoms with Gasteiger partial charge in [0.15, 0.2) is 0 Å². The van der Waals surface area contributed by atoms with Crippen LogP contribution in [0.2, 0.25) is 0 Å². The molecule has 0 aliphatic heterocycles. The maximum Gasteiger partial charge on any atom is 0.0346 e. The Balaban J connectivity index is 1.62. The molecular formula is C21H19N3S. The van der Waals surface area contributed by atoms with Gasteiger partial charge in [-0.05, 0) is 51.0 Å². The predicted octanol–water partition coefficient (Wildman–Crippen LogP) is 4.89. The highest BCUT2D eigenvalue weighted by atomic mass is 32.1. The molecule has 3 aromatic heterocycles. The van der Waals surface area contributed by atoms with Crippen LogP contribution in [0.4, 0.5) is 0 Å². The van der Waals surface area contributed by atoms with E-state index in [4.69, 9.17) is 0 Å². The Hall–Kier alpha value is -2.56. The van der Waals surface area contributed by atoms with Crippen LogP contribution in [0.15, 0.2) is 78.0 Å². The van der Waals surface area contributed by atoms with E-state index in [0.717, 1.165) is 19.6 Å². The van der Waals surface area contributed by atoms with E-state index < -0.39 is 0 Å². The third kappa shape index (κ3) is 3.92. The standard InChI is InChI=1S/C21H19N3S/c1-4-19-12-23-9-6-21(19)20(5-1)15-24(14-18-7-10-25-16-18)13-17-3-2-8-22-11-17/h1-12,16H,13-15H2. The lowest BCUT2D eigenvalue weighted by molar-refractivity contribution is 0.248. The minimum atomic E-state index is 0.880. The third-order valence-electron chi connectivity index (χ3n) is 4.28. The zero-order valence-electron chi connectivity index (χ0n) is 13.9. The van der Waals surface area contributed by atoms with Gasteiger partial charge in [0, 0.05) is 49.8 Å². The average molecular weight is 345 g/mol. The predicted molar refractivity (Wildman–Crippen MR) is 103 cm³/mol.